The molecule has 18 heavy (non-hydrogen) atoms. The molecule has 5 heteroatoms. The number of thioether (sulfide) groups is 1. The van der Waals surface area contributed by atoms with Crippen LogP contribution >= 0.6 is 11.8 Å². The first kappa shape index (κ1) is 14.7. The number of rotatable bonds is 2. The van der Waals surface area contributed by atoms with Crippen LogP contribution in [0.1, 0.15) is 40.5 Å². The van der Waals surface area contributed by atoms with Gasteiger partial charge in [-0.15, -0.1) is 11.8 Å². The van der Waals surface area contributed by atoms with Crippen molar-refractivity contribution in [3.63, 3.8) is 0 Å². The van der Waals surface area contributed by atoms with Crippen LogP contribution in [0.15, 0.2) is 0 Å². The quantitative estimate of drug-likeness (QED) is 0.783. The highest BCUT2D eigenvalue weighted by atomic mass is 32.2. The van der Waals surface area contributed by atoms with Gasteiger partial charge in [-0.2, -0.15) is 0 Å². The zero-order chi connectivity index (χ0) is 13.6. The van der Waals surface area contributed by atoms with E-state index in [1.165, 1.54) is 0 Å². The highest BCUT2D eigenvalue weighted by Crippen LogP contribution is 2.49. The minimum atomic E-state index is -2.77. The summed E-state index contributed by atoms with van der Waals surface area (Å²) >= 11 is 2.00. The van der Waals surface area contributed by atoms with Crippen LogP contribution in [0.3, 0.4) is 0 Å². The second-order valence-electron chi connectivity index (χ2n) is 6.22. The molecule has 2 aliphatic rings. The molecule has 0 aliphatic carbocycles. The van der Waals surface area contributed by atoms with Crippen molar-refractivity contribution in [2.45, 2.75) is 57.5 Å². The normalized spacial score (nSPS) is 31.6. The summed E-state index contributed by atoms with van der Waals surface area (Å²) in [6.45, 7) is 9.04. The van der Waals surface area contributed by atoms with Crippen molar-refractivity contribution in [3.8, 4) is 0 Å². The fourth-order valence-electron chi connectivity index (χ4n) is 3.32. The minimum absolute atomic E-state index is 0.0917. The Bertz CT molecular complexity index is 389. The van der Waals surface area contributed by atoms with Crippen molar-refractivity contribution in [1.29, 1.82) is 0 Å². The molecule has 0 aromatic carbocycles. The summed E-state index contributed by atoms with van der Waals surface area (Å²) in [5.41, 5.74) is 0. The average molecular weight is 291 g/mol. The van der Waals surface area contributed by atoms with Crippen LogP contribution in [0, 0.1) is 5.92 Å². The van der Waals surface area contributed by atoms with Crippen LogP contribution in [0.5, 0.6) is 0 Å². The standard InChI is InChI=1S/C13H25NO2S2/c1-10(2)12-9-17-13(14(12)11(3)4)5-7-18(15,16)8-6-13/h10-12H,5-9H2,1-4H3/t12-/m0/s1. The van der Waals surface area contributed by atoms with E-state index in [0.717, 1.165) is 18.6 Å². The van der Waals surface area contributed by atoms with Crippen LogP contribution in [0.25, 0.3) is 0 Å². The molecule has 0 amide bonds. The third kappa shape index (κ3) is 2.59. The molecule has 0 bridgehead atoms. The SMILES string of the molecule is CC(C)[C@@H]1CSC2(CCS(=O)(=O)CC2)N1C(C)C. The number of sulfone groups is 1. The zero-order valence-electron chi connectivity index (χ0n) is 11.8. The number of hydrogen-bond donors (Lipinski definition) is 0. The Balaban J connectivity index is 2.23. The molecule has 3 nitrogen and oxygen atoms in total. The van der Waals surface area contributed by atoms with Crippen molar-refractivity contribution in [2.75, 3.05) is 17.3 Å². The van der Waals surface area contributed by atoms with Gasteiger partial charge in [0.2, 0.25) is 0 Å². The predicted octanol–water partition coefficient (Wildman–Crippen LogP) is 2.37. The first-order valence-electron chi connectivity index (χ1n) is 6.90. The molecule has 2 rings (SSSR count). The highest BCUT2D eigenvalue weighted by Gasteiger charge is 2.51. The predicted molar refractivity (Wildman–Crippen MR) is 78.7 cm³/mol. The lowest BCUT2D eigenvalue weighted by molar-refractivity contribution is 0.0686. The molecule has 0 unspecified atom stereocenters. The smallest absolute Gasteiger partial charge is 0.150 e. The van der Waals surface area contributed by atoms with Gasteiger partial charge in [0.15, 0.2) is 9.84 Å². The van der Waals surface area contributed by atoms with E-state index in [0.29, 0.717) is 29.5 Å². The second kappa shape index (κ2) is 4.98. The summed E-state index contributed by atoms with van der Waals surface area (Å²) < 4.78 is 23.3. The molecule has 2 fully saturated rings. The van der Waals surface area contributed by atoms with Crippen LogP contribution in [0.2, 0.25) is 0 Å². The first-order chi connectivity index (χ1) is 8.27. The zero-order valence-corrected chi connectivity index (χ0v) is 13.5. The van der Waals surface area contributed by atoms with Crippen molar-refractivity contribution in [2.24, 2.45) is 5.92 Å². The Morgan fingerprint density at radius 2 is 1.72 bits per heavy atom. The Morgan fingerprint density at radius 3 is 2.17 bits per heavy atom. The lowest BCUT2D eigenvalue weighted by atomic mass is 9.98. The summed E-state index contributed by atoms with van der Waals surface area (Å²) in [7, 11) is -2.77. The highest BCUT2D eigenvalue weighted by molar-refractivity contribution is 8.01. The second-order valence-corrected chi connectivity index (χ2v) is 9.91. The lowest BCUT2D eigenvalue weighted by Gasteiger charge is -2.45. The molecular weight excluding hydrogens is 266 g/mol. The van der Waals surface area contributed by atoms with E-state index >= 15 is 0 Å². The molecule has 2 aliphatic heterocycles. The van der Waals surface area contributed by atoms with Gasteiger partial charge in [-0.3, -0.25) is 4.90 Å². The average Bonchev–Trinajstić information content (AvgIpc) is 2.63. The van der Waals surface area contributed by atoms with E-state index in [1.807, 2.05) is 11.8 Å². The van der Waals surface area contributed by atoms with E-state index in [9.17, 15) is 8.42 Å². The third-order valence-corrected chi connectivity index (χ3v) is 7.60. The van der Waals surface area contributed by atoms with E-state index in [-0.39, 0.29) is 4.87 Å². The van der Waals surface area contributed by atoms with Crippen LogP contribution in [-0.2, 0) is 9.84 Å². The molecule has 106 valence electrons. The molecule has 2 heterocycles. The molecule has 1 atom stereocenters. The van der Waals surface area contributed by atoms with Crippen molar-refractivity contribution in [1.82, 2.24) is 4.90 Å². The van der Waals surface area contributed by atoms with Gasteiger partial charge in [0.25, 0.3) is 0 Å². The summed E-state index contributed by atoms with van der Waals surface area (Å²) in [6, 6.07) is 1.09. The van der Waals surface area contributed by atoms with Crippen LogP contribution in [0.4, 0.5) is 0 Å². The van der Waals surface area contributed by atoms with Gasteiger partial charge < -0.3 is 0 Å². The molecule has 1 spiro atoms. The van der Waals surface area contributed by atoms with Gasteiger partial charge >= 0.3 is 0 Å². The molecule has 0 radical (unpaired) electrons. The summed E-state index contributed by atoms with van der Waals surface area (Å²) in [5.74, 6) is 2.52. The van der Waals surface area contributed by atoms with Gasteiger partial charge in [0, 0.05) is 17.8 Å². The van der Waals surface area contributed by atoms with Gasteiger partial charge in [0.05, 0.1) is 16.4 Å². The molecular formula is C13H25NO2S2. The fraction of sp³-hybridized carbons (Fsp3) is 1.00. The van der Waals surface area contributed by atoms with Crippen molar-refractivity contribution in [3.05, 3.63) is 0 Å². The van der Waals surface area contributed by atoms with Crippen LogP contribution < -0.4 is 0 Å². The topological polar surface area (TPSA) is 37.4 Å². The van der Waals surface area contributed by atoms with Crippen LogP contribution in [-0.4, -0.2) is 47.5 Å². The van der Waals surface area contributed by atoms with E-state index < -0.39 is 9.84 Å². The Labute approximate surface area is 116 Å². The van der Waals surface area contributed by atoms with E-state index in [2.05, 4.69) is 32.6 Å². The van der Waals surface area contributed by atoms with E-state index in [1.54, 1.807) is 0 Å². The largest absolute Gasteiger partial charge is 0.282 e. The molecule has 0 aromatic rings. The Hall–Kier alpha value is 0.260. The maximum Gasteiger partial charge on any atom is 0.150 e. The number of hydrogen-bond acceptors (Lipinski definition) is 4. The maximum atomic E-state index is 11.7. The lowest BCUT2D eigenvalue weighted by Crippen LogP contribution is -2.54. The summed E-state index contributed by atoms with van der Waals surface area (Å²) in [6.07, 6.45) is 1.61. The van der Waals surface area contributed by atoms with Crippen molar-refractivity contribution >= 4 is 21.6 Å². The Kier molecular flexibility index (Phi) is 4.06. The van der Waals surface area contributed by atoms with E-state index in [4.69, 9.17) is 0 Å². The van der Waals surface area contributed by atoms with Crippen molar-refractivity contribution < 1.29 is 8.42 Å². The summed E-state index contributed by atoms with van der Waals surface area (Å²) in [5, 5.41) is 0. The fourth-order valence-corrected chi connectivity index (χ4v) is 7.10. The first-order valence-corrected chi connectivity index (χ1v) is 9.71. The van der Waals surface area contributed by atoms with Gasteiger partial charge in [-0.1, -0.05) is 13.8 Å². The minimum Gasteiger partial charge on any atom is -0.282 e. The molecule has 0 N–H and O–H groups in total. The summed E-state index contributed by atoms with van der Waals surface area (Å²) in [4.78, 5) is 2.70. The molecule has 0 aromatic heterocycles. The molecule has 2 saturated heterocycles. The van der Waals surface area contributed by atoms with Gasteiger partial charge in [-0.05, 0) is 32.6 Å². The molecule has 0 saturated carbocycles. The monoisotopic (exact) mass is 291 g/mol. The third-order valence-electron chi connectivity index (χ3n) is 4.28. The van der Waals surface area contributed by atoms with Gasteiger partial charge in [0.1, 0.15) is 0 Å². The number of nitrogens with zero attached hydrogens (tertiary/aromatic N) is 1. The van der Waals surface area contributed by atoms with Gasteiger partial charge in [-0.25, -0.2) is 8.42 Å². The Morgan fingerprint density at radius 1 is 1.17 bits per heavy atom. The maximum absolute atomic E-state index is 11.7.